The van der Waals surface area contributed by atoms with Gasteiger partial charge in [0.15, 0.2) is 0 Å². The van der Waals surface area contributed by atoms with Crippen LogP contribution in [0.15, 0.2) is 30.5 Å². The summed E-state index contributed by atoms with van der Waals surface area (Å²) in [5, 5.41) is 13.3. The van der Waals surface area contributed by atoms with E-state index in [1.165, 1.54) is 19.2 Å². The molecule has 1 aliphatic heterocycles. The maximum Gasteiger partial charge on any atom is 0.314 e. The molecule has 1 saturated heterocycles. The minimum absolute atomic E-state index is 0.00257. The van der Waals surface area contributed by atoms with E-state index in [1.54, 1.807) is 21.7 Å². The number of amides is 3. The molecule has 0 unspecified atom stereocenters. The van der Waals surface area contributed by atoms with Gasteiger partial charge in [0.05, 0.1) is 12.2 Å². The molecule has 2 heterocycles. The van der Waals surface area contributed by atoms with Crippen molar-refractivity contribution in [1.29, 1.82) is 0 Å². The summed E-state index contributed by atoms with van der Waals surface area (Å²) in [5.74, 6) is -0.292. The maximum atomic E-state index is 13.0. The van der Waals surface area contributed by atoms with E-state index < -0.39 is 0 Å². The first-order chi connectivity index (χ1) is 12.6. The van der Waals surface area contributed by atoms with Crippen molar-refractivity contribution in [2.45, 2.75) is 18.9 Å². The smallest absolute Gasteiger partial charge is 0.314 e. The van der Waals surface area contributed by atoms with Crippen molar-refractivity contribution in [3.8, 4) is 11.3 Å². The Kier molecular flexibility index (Phi) is 5.45. The molecule has 8 nitrogen and oxygen atoms in total. The molecule has 0 aliphatic carbocycles. The average Bonchev–Trinajstić information content (AvgIpc) is 3.31. The van der Waals surface area contributed by atoms with Crippen LogP contribution in [-0.4, -0.2) is 58.5 Å². The number of hydrogen-bond acceptors (Lipinski definition) is 4. The molecule has 1 atom stereocenters. The molecule has 1 aliphatic rings. The van der Waals surface area contributed by atoms with Crippen LogP contribution in [0, 0.1) is 5.82 Å². The fraction of sp³-hybridized carbons (Fsp3) is 0.412. The van der Waals surface area contributed by atoms with Gasteiger partial charge in [-0.1, -0.05) is 5.21 Å². The van der Waals surface area contributed by atoms with Gasteiger partial charge in [0.1, 0.15) is 11.5 Å². The molecular weight excluding hydrogens is 339 g/mol. The van der Waals surface area contributed by atoms with Gasteiger partial charge in [-0.05, 0) is 30.7 Å². The van der Waals surface area contributed by atoms with Crippen LogP contribution in [-0.2, 0) is 4.79 Å². The molecular formula is C17H21FN6O2. The summed E-state index contributed by atoms with van der Waals surface area (Å²) >= 11 is 0. The Hall–Kier alpha value is -2.97. The summed E-state index contributed by atoms with van der Waals surface area (Å²) in [7, 11) is 1.53. The number of likely N-dealkylation sites (tertiary alicyclic amines) is 1. The molecule has 26 heavy (non-hydrogen) atoms. The second-order valence-electron chi connectivity index (χ2n) is 6.13. The van der Waals surface area contributed by atoms with Gasteiger partial charge in [-0.15, -0.1) is 5.10 Å². The number of nitrogens with one attached hydrogen (secondary N) is 2. The van der Waals surface area contributed by atoms with Crippen LogP contribution in [0.1, 0.15) is 18.9 Å². The highest BCUT2D eigenvalue weighted by Gasteiger charge is 2.28. The van der Waals surface area contributed by atoms with Crippen LogP contribution in [0.2, 0.25) is 0 Å². The molecule has 138 valence electrons. The van der Waals surface area contributed by atoms with E-state index >= 15 is 0 Å². The molecule has 2 N–H and O–H groups in total. The van der Waals surface area contributed by atoms with E-state index in [-0.39, 0.29) is 30.2 Å². The van der Waals surface area contributed by atoms with Gasteiger partial charge in [-0.25, -0.2) is 13.9 Å². The van der Waals surface area contributed by atoms with Crippen molar-refractivity contribution < 1.29 is 14.0 Å². The highest BCUT2D eigenvalue weighted by molar-refractivity contribution is 5.78. The maximum absolute atomic E-state index is 13.0. The number of rotatable bonds is 5. The quantitative estimate of drug-likeness (QED) is 0.837. The zero-order valence-corrected chi connectivity index (χ0v) is 14.5. The molecule has 1 aromatic carbocycles. The molecule has 9 heteroatoms. The molecule has 0 bridgehead atoms. The Bertz CT molecular complexity index is 776. The van der Waals surface area contributed by atoms with Crippen molar-refractivity contribution >= 4 is 11.9 Å². The predicted octanol–water partition coefficient (Wildman–Crippen LogP) is 1.18. The van der Waals surface area contributed by atoms with Crippen LogP contribution < -0.4 is 10.6 Å². The monoisotopic (exact) mass is 360 g/mol. The third-order valence-corrected chi connectivity index (χ3v) is 4.39. The first kappa shape index (κ1) is 17.8. The molecule has 2 aromatic rings. The minimum atomic E-state index is -0.298. The second-order valence-corrected chi connectivity index (χ2v) is 6.13. The van der Waals surface area contributed by atoms with Crippen LogP contribution in [0.5, 0.6) is 0 Å². The number of benzene rings is 1. The largest absolute Gasteiger partial charge is 0.341 e. The average molecular weight is 360 g/mol. The van der Waals surface area contributed by atoms with E-state index in [9.17, 15) is 14.0 Å². The van der Waals surface area contributed by atoms with E-state index in [0.717, 1.165) is 12.0 Å². The van der Waals surface area contributed by atoms with Crippen molar-refractivity contribution in [2.24, 2.45) is 0 Å². The van der Waals surface area contributed by atoms with Gasteiger partial charge >= 0.3 is 6.03 Å². The highest BCUT2D eigenvalue weighted by atomic mass is 19.1. The van der Waals surface area contributed by atoms with Crippen LogP contribution >= 0.6 is 0 Å². The number of hydrogen-bond donors (Lipinski definition) is 2. The fourth-order valence-electron chi connectivity index (χ4n) is 2.92. The molecule has 0 saturated carbocycles. The summed E-state index contributed by atoms with van der Waals surface area (Å²) in [4.78, 5) is 25.1. The first-order valence-corrected chi connectivity index (χ1v) is 8.48. The predicted molar refractivity (Wildman–Crippen MR) is 92.7 cm³/mol. The third kappa shape index (κ3) is 4.16. The Labute approximate surface area is 150 Å². The van der Waals surface area contributed by atoms with Gasteiger partial charge in [0.2, 0.25) is 5.91 Å². The summed E-state index contributed by atoms with van der Waals surface area (Å²) in [6, 6.07) is 5.86. The van der Waals surface area contributed by atoms with Gasteiger partial charge in [-0.3, -0.25) is 4.79 Å². The van der Waals surface area contributed by atoms with Gasteiger partial charge < -0.3 is 15.5 Å². The number of carbonyl (C=O) groups is 2. The topological polar surface area (TPSA) is 92.2 Å². The number of carbonyl (C=O) groups excluding carboxylic acids is 2. The van der Waals surface area contributed by atoms with E-state index in [2.05, 4.69) is 20.9 Å². The molecule has 3 amide bonds. The lowest BCUT2D eigenvalue weighted by molar-refractivity contribution is -0.130. The molecule has 0 radical (unpaired) electrons. The summed E-state index contributed by atoms with van der Waals surface area (Å²) < 4.78 is 14.8. The number of aromatic nitrogens is 3. The van der Waals surface area contributed by atoms with Gasteiger partial charge in [-0.2, -0.15) is 0 Å². The third-order valence-electron chi connectivity index (χ3n) is 4.39. The van der Waals surface area contributed by atoms with Gasteiger partial charge in [0, 0.05) is 38.7 Å². The van der Waals surface area contributed by atoms with E-state index in [1.807, 2.05) is 6.20 Å². The van der Waals surface area contributed by atoms with E-state index in [0.29, 0.717) is 25.3 Å². The lowest BCUT2D eigenvalue weighted by atomic mass is 10.2. The SMILES string of the molecule is CNC(=O)NCCC(=O)N1CC[C@H](n2cc(-c3ccc(F)cc3)nn2)C1. The molecule has 1 fully saturated rings. The normalized spacial score (nSPS) is 16.5. The lowest BCUT2D eigenvalue weighted by Gasteiger charge is -2.16. The number of nitrogens with zero attached hydrogens (tertiary/aromatic N) is 4. The van der Waals surface area contributed by atoms with Crippen LogP contribution in [0.4, 0.5) is 9.18 Å². The van der Waals surface area contributed by atoms with Crippen LogP contribution in [0.25, 0.3) is 11.3 Å². The number of halogens is 1. The fourth-order valence-corrected chi connectivity index (χ4v) is 2.92. The zero-order valence-electron chi connectivity index (χ0n) is 14.5. The van der Waals surface area contributed by atoms with Gasteiger partial charge in [0.25, 0.3) is 0 Å². The standard InChI is InChI=1S/C17H21FN6O2/c1-19-17(26)20-8-6-16(25)23-9-7-14(10-23)24-11-15(21-22-24)12-2-4-13(18)5-3-12/h2-5,11,14H,6-10H2,1H3,(H2,19,20,26)/t14-/m0/s1. The Balaban J connectivity index is 1.55. The molecule has 3 rings (SSSR count). The van der Waals surface area contributed by atoms with Crippen molar-refractivity contribution in [1.82, 2.24) is 30.5 Å². The first-order valence-electron chi connectivity index (χ1n) is 8.48. The summed E-state index contributed by atoms with van der Waals surface area (Å²) in [5.41, 5.74) is 1.47. The van der Waals surface area contributed by atoms with Crippen LogP contribution in [0.3, 0.4) is 0 Å². The lowest BCUT2D eigenvalue weighted by Crippen LogP contribution is -2.37. The summed E-state index contributed by atoms with van der Waals surface area (Å²) in [6.45, 7) is 1.51. The Morgan fingerprint density at radius 3 is 2.81 bits per heavy atom. The van der Waals surface area contributed by atoms with Crippen molar-refractivity contribution in [3.63, 3.8) is 0 Å². The highest BCUT2D eigenvalue weighted by Crippen LogP contribution is 2.24. The number of urea groups is 1. The van der Waals surface area contributed by atoms with Crippen molar-refractivity contribution in [2.75, 3.05) is 26.7 Å². The Morgan fingerprint density at radius 1 is 1.31 bits per heavy atom. The Morgan fingerprint density at radius 2 is 2.08 bits per heavy atom. The summed E-state index contributed by atoms with van der Waals surface area (Å²) in [6.07, 6.45) is 2.87. The van der Waals surface area contributed by atoms with Crippen molar-refractivity contribution in [3.05, 3.63) is 36.3 Å². The second kappa shape index (κ2) is 7.94. The van der Waals surface area contributed by atoms with E-state index in [4.69, 9.17) is 0 Å². The zero-order chi connectivity index (χ0) is 18.5. The minimum Gasteiger partial charge on any atom is -0.341 e. The molecule has 0 spiro atoms. The molecule has 1 aromatic heterocycles.